The highest BCUT2D eigenvalue weighted by atomic mass is 28.3. The first kappa shape index (κ1) is 24.6. The van der Waals surface area contributed by atoms with Crippen molar-refractivity contribution >= 4 is 19.1 Å². The third-order valence-electron chi connectivity index (χ3n) is 7.13. The molecule has 0 radical (unpaired) electrons. The van der Waals surface area contributed by atoms with Crippen LogP contribution in [0.4, 0.5) is 0 Å². The quantitative estimate of drug-likeness (QED) is 0.300. The second-order valence-electron chi connectivity index (χ2n) is 10.4. The molecule has 2 aromatic carbocycles. The number of ether oxygens (including phenoxy) is 1. The highest BCUT2D eigenvalue weighted by Gasteiger charge is 2.46. The van der Waals surface area contributed by atoms with E-state index >= 15 is 0 Å². The minimum Gasteiger partial charge on any atom is -0.488 e. The molecular formula is C28H42N2OSi. The molecule has 0 bridgehead atoms. The lowest BCUT2D eigenvalue weighted by Gasteiger charge is -2.44. The minimum absolute atomic E-state index is 0.597. The first-order chi connectivity index (χ1) is 15.2. The van der Waals surface area contributed by atoms with Gasteiger partial charge in [0, 0.05) is 17.4 Å². The van der Waals surface area contributed by atoms with Gasteiger partial charge in [-0.3, -0.25) is 0 Å². The fourth-order valence-corrected chi connectivity index (χ4v) is 12.5. The first-order valence-electron chi connectivity index (χ1n) is 12.1. The molecule has 0 aliphatic carbocycles. The summed E-state index contributed by atoms with van der Waals surface area (Å²) in [7, 11) is 2.44. The molecule has 0 fully saturated rings. The van der Waals surface area contributed by atoms with Crippen LogP contribution in [0, 0.1) is 0 Å². The number of rotatable bonds is 10. The number of hydrogen-bond donors (Lipinski definition) is 0. The third-order valence-corrected chi connectivity index (χ3v) is 13.9. The summed E-state index contributed by atoms with van der Waals surface area (Å²) in [6.45, 7) is 16.3. The highest BCUT2D eigenvalue weighted by Crippen LogP contribution is 2.46. The second-order valence-corrected chi connectivity index (χ2v) is 16.1. The van der Waals surface area contributed by atoms with Gasteiger partial charge in [-0.05, 0) is 66.6 Å². The topological polar surface area (TPSA) is 17.4 Å². The van der Waals surface area contributed by atoms with Crippen molar-refractivity contribution in [3.05, 3.63) is 65.9 Å². The van der Waals surface area contributed by atoms with Crippen molar-refractivity contribution in [1.29, 1.82) is 0 Å². The molecule has 32 heavy (non-hydrogen) atoms. The third kappa shape index (κ3) is 4.67. The Morgan fingerprint density at radius 2 is 1.47 bits per heavy atom. The van der Waals surface area contributed by atoms with Gasteiger partial charge in [-0.2, -0.15) is 0 Å². The summed E-state index contributed by atoms with van der Waals surface area (Å²) in [5.41, 5.74) is 5.91. The average Bonchev–Trinajstić information content (AvgIpc) is 3.10. The Labute approximate surface area is 196 Å². The van der Waals surface area contributed by atoms with Crippen LogP contribution in [-0.2, 0) is 13.0 Å². The molecule has 0 unspecified atom stereocenters. The van der Waals surface area contributed by atoms with Crippen LogP contribution in [0.2, 0.25) is 16.6 Å². The normalized spacial score (nSPS) is 12.6. The summed E-state index contributed by atoms with van der Waals surface area (Å²) >= 11 is 0. The minimum atomic E-state index is -1.87. The van der Waals surface area contributed by atoms with Crippen molar-refractivity contribution in [1.82, 2.24) is 9.13 Å². The Bertz CT molecular complexity index is 983. The summed E-state index contributed by atoms with van der Waals surface area (Å²) in [6.07, 6.45) is 3.52. The molecule has 0 saturated carbocycles. The molecular weight excluding hydrogens is 408 g/mol. The highest BCUT2D eigenvalue weighted by molar-refractivity contribution is 6.82. The van der Waals surface area contributed by atoms with E-state index in [1.807, 2.05) is 0 Å². The van der Waals surface area contributed by atoms with Gasteiger partial charge in [0.2, 0.25) is 0 Å². The van der Waals surface area contributed by atoms with E-state index in [0.29, 0.717) is 23.2 Å². The fraction of sp³-hybridized carbons (Fsp3) is 0.500. The largest absolute Gasteiger partial charge is 0.488 e. The van der Waals surface area contributed by atoms with Crippen LogP contribution in [0.3, 0.4) is 0 Å². The molecule has 3 nitrogen and oxygen atoms in total. The Kier molecular flexibility index (Phi) is 7.89. The standard InChI is InChI=1S/C28H42N2OSi/c1-21(2)32(22(3)4,23(5)6)30-19-25(17-18-29(7)8)28-26(30)15-12-16-27(28)31-20-24-13-10-9-11-14-24/h9-16,19,21-23H,17-18,20H2,1-8H3. The zero-order valence-electron chi connectivity index (χ0n) is 21.4. The molecule has 0 aliphatic heterocycles. The smallest absolute Gasteiger partial charge is 0.169 e. The van der Waals surface area contributed by atoms with Gasteiger partial charge in [0.1, 0.15) is 12.4 Å². The maximum absolute atomic E-state index is 6.45. The van der Waals surface area contributed by atoms with Crippen LogP contribution in [-0.4, -0.2) is 38.0 Å². The predicted octanol–water partition coefficient (Wildman–Crippen LogP) is 7.35. The van der Waals surface area contributed by atoms with E-state index in [2.05, 4.69) is 119 Å². The van der Waals surface area contributed by atoms with E-state index < -0.39 is 8.24 Å². The monoisotopic (exact) mass is 450 g/mol. The van der Waals surface area contributed by atoms with Crippen LogP contribution < -0.4 is 4.74 Å². The molecule has 0 amide bonds. The van der Waals surface area contributed by atoms with Gasteiger partial charge in [0.25, 0.3) is 0 Å². The van der Waals surface area contributed by atoms with Crippen LogP contribution in [0.15, 0.2) is 54.7 Å². The molecule has 3 aromatic rings. The van der Waals surface area contributed by atoms with Crippen molar-refractivity contribution in [2.45, 2.75) is 71.2 Å². The van der Waals surface area contributed by atoms with E-state index in [9.17, 15) is 0 Å². The van der Waals surface area contributed by atoms with Crippen LogP contribution in [0.1, 0.15) is 52.7 Å². The summed E-state index contributed by atoms with van der Waals surface area (Å²) in [5.74, 6) is 1.01. The molecule has 3 rings (SSSR count). The van der Waals surface area contributed by atoms with Gasteiger partial charge in [-0.1, -0.05) is 77.9 Å². The molecule has 4 heteroatoms. The number of fused-ring (bicyclic) bond motifs is 1. The Morgan fingerprint density at radius 3 is 2.03 bits per heavy atom. The molecule has 0 N–H and O–H groups in total. The molecule has 0 saturated heterocycles. The lowest BCUT2D eigenvalue weighted by atomic mass is 10.1. The zero-order chi connectivity index (χ0) is 23.5. The number of likely N-dealkylation sites (N-methyl/N-ethyl adjacent to an activating group) is 1. The Hall–Kier alpha value is -2.04. The Balaban J connectivity index is 2.18. The van der Waals surface area contributed by atoms with Crippen molar-refractivity contribution in [3.8, 4) is 5.75 Å². The van der Waals surface area contributed by atoms with E-state index in [0.717, 1.165) is 18.7 Å². The number of nitrogens with zero attached hydrogens (tertiary/aromatic N) is 2. The van der Waals surface area contributed by atoms with Crippen molar-refractivity contribution < 1.29 is 4.74 Å². The summed E-state index contributed by atoms with van der Waals surface area (Å²) < 4.78 is 9.19. The van der Waals surface area contributed by atoms with Gasteiger partial charge in [0.05, 0.1) is 0 Å². The van der Waals surface area contributed by atoms with E-state index in [-0.39, 0.29) is 0 Å². The maximum Gasteiger partial charge on any atom is 0.169 e. The summed E-state index contributed by atoms with van der Waals surface area (Å²) in [5, 5.41) is 1.31. The van der Waals surface area contributed by atoms with Crippen LogP contribution in [0.25, 0.3) is 10.9 Å². The molecule has 174 valence electrons. The zero-order valence-corrected chi connectivity index (χ0v) is 22.4. The molecule has 1 aromatic heterocycles. The Morgan fingerprint density at radius 1 is 0.844 bits per heavy atom. The first-order valence-corrected chi connectivity index (χ1v) is 14.3. The summed E-state index contributed by atoms with van der Waals surface area (Å²) in [4.78, 5) is 2.27. The van der Waals surface area contributed by atoms with Gasteiger partial charge in [-0.25, -0.2) is 0 Å². The number of aromatic nitrogens is 1. The van der Waals surface area contributed by atoms with Crippen molar-refractivity contribution in [2.24, 2.45) is 0 Å². The van der Waals surface area contributed by atoms with Crippen LogP contribution in [0.5, 0.6) is 5.75 Å². The molecule has 0 aliphatic rings. The molecule has 0 atom stereocenters. The summed E-state index contributed by atoms with van der Waals surface area (Å²) in [6, 6.07) is 17.1. The molecule has 1 heterocycles. The predicted molar refractivity (Wildman–Crippen MR) is 141 cm³/mol. The van der Waals surface area contributed by atoms with E-state index in [4.69, 9.17) is 4.74 Å². The van der Waals surface area contributed by atoms with Gasteiger partial charge in [-0.15, -0.1) is 0 Å². The van der Waals surface area contributed by atoms with Crippen LogP contribution >= 0.6 is 0 Å². The second kappa shape index (κ2) is 10.3. The molecule has 0 spiro atoms. The van der Waals surface area contributed by atoms with Gasteiger partial charge >= 0.3 is 0 Å². The van der Waals surface area contributed by atoms with E-state index in [1.54, 1.807) is 0 Å². The van der Waals surface area contributed by atoms with Crippen molar-refractivity contribution in [2.75, 3.05) is 20.6 Å². The maximum atomic E-state index is 6.45. The lowest BCUT2D eigenvalue weighted by molar-refractivity contribution is 0.310. The van der Waals surface area contributed by atoms with Crippen molar-refractivity contribution in [3.63, 3.8) is 0 Å². The van der Waals surface area contributed by atoms with Gasteiger partial charge < -0.3 is 13.9 Å². The van der Waals surface area contributed by atoms with E-state index in [1.165, 1.54) is 22.0 Å². The fourth-order valence-electron chi connectivity index (χ4n) is 5.88. The SMILES string of the molecule is CC(C)[Si](C(C)C)(C(C)C)n1cc(CCN(C)C)c2c(OCc3ccccc3)cccc21. The number of hydrogen-bond acceptors (Lipinski definition) is 2. The number of benzene rings is 2. The lowest BCUT2D eigenvalue weighted by Crippen LogP contribution is -2.51. The average molecular weight is 451 g/mol. The van der Waals surface area contributed by atoms with Gasteiger partial charge in [0.15, 0.2) is 8.24 Å².